The molecule has 1 unspecified atom stereocenters. The average Bonchev–Trinajstić information content (AvgIpc) is 3.18. The van der Waals surface area contributed by atoms with Crippen LogP contribution in [0.5, 0.6) is 5.75 Å². The third-order valence-corrected chi connectivity index (χ3v) is 5.31. The van der Waals surface area contributed by atoms with Crippen molar-refractivity contribution < 1.29 is 18.7 Å². The molecular weight excluding hydrogens is 395 g/mol. The lowest BCUT2D eigenvalue weighted by atomic mass is 10.0. The van der Waals surface area contributed by atoms with Crippen molar-refractivity contribution in [3.63, 3.8) is 0 Å². The van der Waals surface area contributed by atoms with Crippen LogP contribution in [-0.4, -0.2) is 35.9 Å². The molecule has 154 valence electrons. The SMILES string of the molecule is CNC(=O)c1ccc(C2CCCN2C(=O)C(C)(C)Oc2ccc(Cl)cc2F)cc1. The van der Waals surface area contributed by atoms with Crippen LogP contribution in [0.2, 0.25) is 5.02 Å². The van der Waals surface area contributed by atoms with E-state index in [1.165, 1.54) is 12.1 Å². The summed E-state index contributed by atoms with van der Waals surface area (Å²) in [7, 11) is 1.58. The second kappa shape index (κ2) is 8.41. The predicted molar refractivity (Wildman–Crippen MR) is 110 cm³/mol. The molecule has 0 aliphatic carbocycles. The van der Waals surface area contributed by atoms with Crippen LogP contribution >= 0.6 is 11.6 Å². The summed E-state index contributed by atoms with van der Waals surface area (Å²) in [6.07, 6.45) is 1.68. The molecule has 1 aliphatic heterocycles. The highest BCUT2D eigenvalue weighted by atomic mass is 35.5. The highest BCUT2D eigenvalue weighted by Gasteiger charge is 2.40. The molecular formula is C22H24ClFN2O3. The van der Waals surface area contributed by atoms with Gasteiger partial charge in [0.15, 0.2) is 17.2 Å². The average molecular weight is 419 g/mol. The Kier molecular flexibility index (Phi) is 6.13. The van der Waals surface area contributed by atoms with Crippen molar-refractivity contribution in [2.24, 2.45) is 0 Å². The molecule has 0 saturated carbocycles. The minimum atomic E-state index is -1.25. The summed E-state index contributed by atoms with van der Waals surface area (Å²) in [6.45, 7) is 3.86. The van der Waals surface area contributed by atoms with E-state index in [0.717, 1.165) is 24.5 Å². The smallest absolute Gasteiger partial charge is 0.266 e. The number of likely N-dealkylation sites (tertiary alicyclic amines) is 1. The van der Waals surface area contributed by atoms with E-state index in [0.29, 0.717) is 12.1 Å². The summed E-state index contributed by atoms with van der Waals surface area (Å²) in [5, 5.41) is 2.85. The normalized spacial score (nSPS) is 16.6. The van der Waals surface area contributed by atoms with Gasteiger partial charge in [-0.25, -0.2) is 4.39 Å². The van der Waals surface area contributed by atoms with E-state index in [-0.39, 0.29) is 28.6 Å². The van der Waals surface area contributed by atoms with Gasteiger partial charge in [-0.2, -0.15) is 0 Å². The molecule has 1 saturated heterocycles. The van der Waals surface area contributed by atoms with Crippen molar-refractivity contribution >= 4 is 23.4 Å². The quantitative estimate of drug-likeness (QED) is 0.784. The number of rotatable bonds is 5. The second-order valence-corrected chi connectivity index (χ2v) is 7.98. The molecule has 0 spiro atoms. The van der Waals surface area contributed by atoms with Crippen LogP contribution in [0, 0.1) is 5.82 Å². The van der Waals surface area contributed by atoms with E-state index in [1.54, 1.807) is 37.9 Å². The summed E-state index contributed by atoms with van der Waals surface area (Å²) in [6, 6.07) is 11.2. The molecule has 0 aromatic heterocycles. The fourth-order valence-electron chi connectivity index (χ4n) is 3.58. The number of amides is 2. The molecule has 0 radical (unpaired) electrons. The van der Waals surface area contributed by atoms with Gasteiger partial charge in [0, 0.05) is 24.2 Å². The first-order valence-corrected chi connectivity index (χ1v) is 9.88. The molecule has 29 heavy (non-hydrogen) atoms. The number of hydrogen-bond acceptors (Lipinski definition) is 3. The van der Waals surface area contributed by atoms with Gasteiger partial charge < -0.3 is 15.0 Å². The Balaban J connectivity index is 1.78. The highest BCUT2D eigenvalue weighted by molar-refractivity contribution is 6.30. The number of hydrogen-bond donors (Lipinski definition) is 1. The van der Waals surface area contributed by atoms with E-state index in [4.69, 9.17) is 16.3 Å². The largest absolute Gasteiger partial charge is 0.475 e. The van der Waals surface area contributed by atoms with Crippen molar-refractivity contribution in [1.82, 2.24) is 10.2 Å². The zero-order valence-corrected chi connectivity index (χ0v) is 17.4. The van der Waals surface area contributed by atoms with Crippen molar-refractivity contribution in [3.8, 4) is 5.75 Å². The fraction of sp³-hybridized carbons (Fsp3) is 0.364. The lowest BCUT2D eigenvalue weighted by Crippen LogP contribution is -2.48. The van der Waals surface area contributed by atoms with Crippen LogP contribution in [0.25, 0.3) is 0 Å². The monoisotopic (exact) mass is 418 g/mol. The van der Waals surface area contributed by atoms with Gasteiger partial charge in [0.05, 0.1) is 6.04 Å². The standard InChI is InChI=1S/C22H24ClFN2O3/c1-22(2,29-19-11-10-16(23)13-17(19)24)21(28)26-12-4-5-18(26)14-6-8-15(9-7-14)20(27)25-3/h6-11,13,18H,4-5,12H2,1-3H3,(H,25,27). The molecule has 1 fully saturated rings. The topological polar surface area (TPSA) is 58.6 Å². The Bertz CT molecular complexity index is 915. The lowest BCUT2D eigenvalue weighted by molar-refractivity contribution is -0.146. The Hall–Kier alpha value is -2.60. The molecule has 5 nitrogen and oxygen atoms in total. The van der Waals surface area contributed by atoms with Crippen LogP contribution in [0.1, 0.15) is 48.7 Å². The number of nitrogens with one attached hydrogen (secondary N) is 1. The van der Waals surface area contributed by atoms with Crippen LogP contribution in [0.4, 0.5) is 4.39 Å². The summed E-state index contributed by atoms with van der Waals surface area (Å²) in [5.41, 5.74) is 0.269. The maximum atomic E-state index is 14.1. The molecule has 3 rings (SSSR count). The maximum absolute atomic E-state index is 14.1. The zero-order chi connectivity index (χ0) is 21.2. The van der Waals surface area contributed by atoms with Crippen LogP contribution in [-0.2, 0) is 4.79 Å². The zero-order valence-electron chi connectivity index (χ0n) is 16.7. The molecule has 1 N–H and O–H groups in total. The van der Waals surface area contributed by atoms with Gasteiger partial charge in [-0.05, 0) is 62.6 Å². The minimum Gasteiger partial charge on any atom is -0.475 e. The molecule has 1 heterocycles. The van der Waals surface area contributed by atoms with Crippen LogP contribution < -0.4 is 10.1 Å². The molecule has 2 aromatic rings. The van der Waals surface area contributed by atoms with Gasteiger partial charge in [-0.15, -0.1) is 0 Å². The van der Waals surface area contributed by atoms with Gasteiger partial charge >= 0.3 is 0 Å². The lowest BCUT2D eigenvalue weighted by Gasteiger charge is -2.33. The Labute approximate surface area is 174 Å². The first-order chi connectivity index (χ1) is 13.7. The highest BCUT2D eigenvalue weighted by Crippen LogP contribution is 2.35. The van der Waals surface area contributed by atoms with Gasteiger partial charge in [-0.1, -0.05) is 23.7 Å². The van der Waals surface area contributed by atoms with Crippen molar-refractivity contribution in [3.05, 3.63) is 64.4 Å². The third-order valence-electron chi connectivity index (χ3n) is 5.07. The van der Waals surface area contributed by atoms with E-state index < -0.39 is 11.4 Å². The van der Waals surface area contributed by atoms with E-state index >= 15 is 0 Å². The minimum absolute atomic E-state index is 0.0153. The summed E-state index contributed by atoms with van der Waals surface area (Å²) in [4.78, 5) is 26.8. The van der Waals surface area contributed by atoms with Crippen molar-refractivity contribution in [2.45, 2.75) is 38.3 Å². The van der Waals surface area contributed by atoms with Gasteiger partial charge in [0.25, 0.3) is 11.8 Å². The van der Waals surface area contributed by atoms with E-state index in [2.05, 4.69) is 5.32 Å². The molecule has 2 aromatic carbocycles. The summed E-state index contributed by atoms with van der Waals surface area (Å²) < 4.78 is 19.9. The number of nitrogens with zero attached hydrogens (tertiary/aromatic N) is 1. The first kappa shape index (κ1) is 21.1. The fourth-order valence-corrected chi connectivity index (χ4v) is 3.74. The number of halogens is 2. The Morgan fingerprint density at radius 2 is 1.90 bits per heavy atom. The molecule has 1 atom stereocenters. The molecule has 7 heteroatoms. The number of ether oxygens (including phenoxy) is 1. The Morgan fingerprint density at radius 1 is 1.21 bits per heavy atom. The Morgan fingerprint density at radius 3 is 2.52 bits per heavy atom. The van der Waals surface area contributed by atoms with E-state index in [1.807, 2.05) is 12.1 Å². The molecule has 2 amide bonds. The van der Waals surface area contributed by atoms with Crippen molar-refractivity contribution in [2.75, 3.05) is 13.6 Å². The van der Waals surface area contributed by atoms with Crippen LogP contribution in [0.3, 0.4) is 0 Å². The van der Waals surface area contributed by atoms with Crippen molar-refractivity contribution in [1.29, 1.82) is 0 Å². The number of benzene rings is 2. The first-order valence-electron chi connectivity index (χ1n) is 9.50. The van der Waals surface area contributed by atoms with Gasteiger partial charge in [0.2, 0.25) is 0 Å². The van der Waals surface area contributed by atoms with Crippen LogP contribution in [0.15, 0.2) is 42.5 Å². The number of carbonyl (C=O) groups excluding carboxylic acids is 2. The molecule has 1 aliphatic rings. The van der Waals surface area contributed by atoms with E-state index in [9.17, 15) is 14.0 Å². The second-order valence-electron chi connectivity index (χ2n) is 7.54. The summed E-state index contributed by atoms with van der Waals surface area (Å²) >= 11 is 5.79. The number of carbonyl (C=O) groups is 2. The maximum Gasteiger partial charge on any atom is 0.266 e. The van der Waals surface area contributed by atoms with Gasteiger partial charge in [-0.3, -0.25) is 9.59 Å². The predicted octanol–water partition coefficient (Wildman–Crippen LogP) is 4.36. The van der Waals surface area contributed by atoms with Gasteiger partial charge in [0.1, 0.15) is 0 Å². The summed E-state index contributed by atoms with van der Waals surface area (Å²) in [5.74, 6) is -1.00. The molecule has 0 bridgehead atoms. The third kappa shape index (κ3) is 4.53.